The second-order valence-corrected chi connectivity index (χ2v) is 6.38. The Balaban J connectivity index is 1.73. The highest BCUT2D eigenvalue weighted by atomic mass is 32.2. The zero-order valence-corrected chi connectivity index (χ0v) is 11.5. The van der Waals surface area contributed by atoms with E-state index in [1.807, 2.05) is 42.5 Å². The van der Waals surface area contributed by atoms with Gasteiger partial charge in [-0.25, -0.2) is 9.97 Å². The number of hydrogen-bond acceptors (Lipinski definition) is 4. The molecule has 0 unspecified atom stereocenters. The SMILES string of the molecule is c1ccc2[nH]c(Sc3nc4ccccc4s3)nc2c1. The molecule has 0 aliphatic heterocycles. The lowest BCUT2D eigenvalue weighted by Crippen LogP contribution is -1.73. The van der Waals surface area contributed by atoms with Crippen LogP contribution in [0.25, 0.3) is 21.3 Å². The number of nitrogens with one attached hydrogen (secondary N) is 1. The molecule has 0 saturated carbocycles. The number of imidazole rings is 1. The minimum Gasteiger partial charge on any atom is -0.333 e. The lowest BCUT2D eigenvalue weighted by Gasteiger charge is -1.88. The average molecular weight is 283 g/mol. The average Bonchev–Trinajstić information content (AvgIpc) is 3.00. The van der Waals surface area contributed by atoms with Gasteiger partial charge in [-0.2, -0.15) is 0 Å². The zero-order valence-electron chi connectivity index (χ0n) is 9.83. The van der Waals surface area contributed by atoms with Crippen molar-refractivity contribution in [2.24, 2.45) is 0 Å². The van der Waals surface area contributed by atoms with Gasteiger partial charge < -0.3 is 4.98 Å². The number of nitrogens with zero attached hydrogens (tertiary/aromatic N) is 2. The number of H-pyrrole nitrogens is 1. The van der Waals surface area contributed by atoms with E-state index in [9.17, 15) is 0 Å². The molecule has 0 aliphatic rings. The van der Waals surface area contributed by atoms with E-state index < -0.39 is 0 Å². The molecule has 3 nitrogen and oxygen atoms in total. The molecule has 0 fully saturated rings. The fourth-order valence-corrected chi connectivity index (χ4v) is 3.94. The number of para-hydroxylation sites is 3. The maximum atomic E-state index is 4.60. The molecular formula is C14H9N3S2. The van der Waals surface area contributed by atoms with Gasteiger partial charge in [0.2, 0.25) is 0 Å². The van der Waals surface area contributed by atoms with Crippen LogP contribution in [-0.2, 0) is 0 Å². The first-order valence-corrected chi connectivity index (χ1v) is 7.50. The molecule has 4 rings (SSSR count). The van der Waals surface area contributed by atoms with Crippen LogP contribution in [0.1, 0.15) is 0 Å². The van der Waals surface area contributed by atoms with Gasteiger partial charge in [-0.15, -0.1) is 11.3 Å². The lowest BCUT2D eigenvalue weighted by atomic mass is 10.3. The van der Waals surface area contributed by atoms with Gasteiger partial charge in [-0.05, 0) is 36.0 Å². The van der Waals surface area contributed by atoms with Gasteiger partial charge >= 0.3 is 0 Å². The van der Waals surface area contributed by atoms with Crippen LogP contribution < -0.4 is 0 Å². The third-order valence-corrected chi connectivity index (χ3v) is 4.81. The predicted octanol–water partition coefficient (Wildman–Crippen LogP) is 4.32. The highest BCUT2D eigenvalue weighted by Crippen LogP contribution is 2.33. The first kappa shape index (κ1) is 11.0. The number of hydrogen-bond donors (Lipinski definition) is 1. The smallest absolute Gasteiger partial charge is 0.173 e. The summed E-state index contributed by atoms with van der Waals surface area (Å²) in [5, 5.41) is 0.889. The Morgan fingerprint density at radius 2 is 1.68 bits per heavy atom. The highest BCUT2D eigenvalue weighted by Gasteiger charge is 2.08. The summed E-state index contributed by atoms with van der Waals surface area (Å²) in [5.41, 5.74) is 3.10. The van der Waals surface area contributed by atoms with Crippen LogP contribution in [0.2, 0.25) is 0 Å². The number of fused-ring (bicyclic) bond motifs is 2. The molecular weight excluding hydrogens is 274 g/mol. The number of aromatic nitrogens is 3. The molecule has 2 heterocycles. The molecule has 5 heteroatoms. The number of benzene rings is 2. The minimum absolute atomic E-state index is 0.889. The maximum absolute atomic E-state index is 4.60. The fourth-order valence-electron chi connectivity index (χ4n) is 1.96. The van der Waals surface area contributed by atoms with Gasteiger partial charge in [0.1, 0.15) is 0 Å². The Kier molecular flexibility index (Phi) is 2.53. The van der Waals surface area contributed by atoms with Crippen LogP contribution in [0.3, 0.4) is 0 Å². The Bertz CT molecular complexity index is 725. The van der Waals surface area contributed by atoms with Crippen molar-refractivity contribution in [3.05, 3.63) is 48.5 Å². The third-order valence-electron chi connectivity index (χ3n) is 2.83. The topological polar surface area (TPSA) is 41.6 Å². The molecule has 4 aromatic rings. The van der Waals surface area contributed by atoms with Crippen molar-refractivity contribution in [1.82, 2.24) is 15.0 Å². The molecule has 0 bridgehead atoms. The highest BCUT2D eigenvalue weighted by molar-refractivity contribution is 8.01. The molecule has 2 aromatic heterocycles. The Morgan fingerprint density at radius 3 is 2.53 bits per heavy atom. The Hall–Kier alpha value is -1.85. The summed E-state index contributed by atoms with van der Waals surface area (Å²) in [4.78, 5) is 12.5. The van der Waals surface area contributed by atoms with Crippen LogP contribution in [0.4, 0.5) is 0 Å². The van der Waals surface area contributed by atoms with Crippen LogP contribution >= 0.6 is 23.1 Å². The third kappa shape index (κ3) is 2.01. The predicted molar refractivity (Wildman–Crippen MR) is 79.8 cm³/mol. The van der Waals surface area contributed by atoms with E-state index in [1.54, 1.807) is 23.1 Å². The molecule has 0 atom stereocenters. The maximum Gasteiger partial charge on any atom is 0.173 e. The Labute approximate surface area is 117 Å². The number of rotatable bonds is 2. The standard InChI is InChI=1S/C14H9N3S2/c1-2-6-10-9(5-1)15-13(16-10)19-14-17-11-7-3-4-8-12(11)18-14/h1-8H,(H,15,16). The summed E-state index contributed by atoms with van der Waals surface area (Å²) < 4.78 is 2.22. The van der Waals surface area contributed by atoms with Crippen molar-refractivity contribution >= 4 is 44.3 Å². The summed E-state index contributed by atoms with van der Waals surface area (Å²) in [7, 11) is 0. The van der Waals surface area contributed by atoms with E-state index in [-0.39, 0.29) is 0 Å². The van der Waals surface area contributed by atoms with Crippen molar-refractivity contribution < 1.29 is 0 Å². The molecule has 2 aromatic carbocycles. The second-order valence-electron chi connectivity index (χ2n) is 4.11. The van der Waals surface area contributed by atoms with Crippen molar-refractivity contribution in [3.63, 3.8) is 0 Å². The van der Waals surface area contributed by atoms with E-state index >= 15 is 0 Å². The molecule has 0 aliphatic carbocycles. The van der Waals surface area contributed by atoms with Crippen molar-refractivity contribution in [2.75, 3.05) is 0 Å². The van der Waals surface area contributed by atoms with E-state index in [0.29, 0.717) is 0 Å². The second kappa shape index (κ2) is 4.36. The van der Waals surface area contributed by atoms with Crippen molar-refractivity contribution in [3.8, 4) is 0 Å². The van der Waals surface area contributed by atoms with Gasteiger partial charge in [0.05, 0.1) is 21.3 Å². The molecule has 1 N–H and O–H groups in total. The lowest BCUT2D eigenvalue weighted by molar-refractivity contribution is 1.08. The largest absolute Gasteiger partial charge is 0.333 e. The zero-order chi connectivity index (χ0) is 12.7. The number of thiazole rings is 1. The molecule has 19 heavy (non-hydrogen) atoms. The summed E-state index contributed by atoms with van der Waals surface area (Å²) in [6.07, 6.45) is 0. The normalized spacial score (nSPS) is 11.4. The van der Waals surface area contributed by atoms with Crippen LogP contribution in [0, 0.1) is 0 Å². The Morgan fingerprint density at radius 1 is 0.895 bits per heavy atom. The van der Waals surface area contributed by atoms with E-state index in [4.69, 9.17) is 0 Å². The summed E-state index contributed by atoms with van der Waals surface area (Å²) >= 11 is 3.27. The summed E-state index contributed by atoms with van der Waals surface area (Å²) in [6.45, 7) is 0. The van der Waals surface area contributed by atoms with E-state index in [2.05, 4.69) is 21.0 Å². The molecule has 0 spiro atoms. The molecule has 0 radical (unpaired) electrons. The number of aromatic amines is 1. The van der Waals surface area contributed by atoms with Crippen molar-refractivity contribution in [2.45, 2.75) is 9.50 Å². The van der Waals surface area contributed by atoms with Gasteiger partial charge in [0.15, 0.2) is 9.50 Å². The summed E-state index contributed by atoms with van der Waals surface area (Å²) in [6, 6.07) is 16.2. The fraction of sp³-hybridized carbons (Fsp3) is 0. The molecule has 0 saturated heterocycles. The first-order chi connectivity index (χ1) is 9.38. The van der Waals surface area contributed by atoms with Crippen LogP contribution in [-0.4, -0.2) is 15.0 Å². The van der Waals surface area contributed by atoms with Crippen LogP contribution in [0.15, 0.2) is 58.0 Å². The summed E-state index contributed by atoms with van der Waals surface area (Å²) in [5.74, 6) is 0. The van der Waals surface area contributed by atoms with Gasteiger partial charge in [-0.1, -0.05) is 24.3 Å². The molecule has 92 valence electrons. The molecule has 0 amide bonds. The minimum atomic E-state index is 0.889. The van der Waals surface area contributed by atoms with Crippen molar-refractivity contribution in [1.29, 1.82) is 0 Å². The van der Waals surface area contributed by atoms with Gasteiger partial charge in [-0.3, -0.25) is 0 Å². The van der Waals surface area contributed by atoms with E-state index in [0.717, 1.165) is 26.0 Å². The first-order valence-electron chi connectivity index (χ1n) is 5.87. The van der Waals surface area contributed by atoms with Crippen LogP contribution in [0.5, 0.6) is 0 Å². The van der Waals surface area contributed by atoms with E-state index in [1.165, 1.54) is 4.70 Å². The quantitative estimate of drug-likeness (QED) is 0.595. The monoisotopic (exact) mass is 283 g/mol. The van der Waals surface area contributed by atoms with Gasteiger partial charge in [0, 0.05) is 0 Å². The van der Waals surface area contributed by atoms with Gasteiger partial charge in [0.25, 0.3) is 0 Å².